The zero-order valence-electron chi connectivity index (χ0n) is 20.8. The Morgan fingerprint density at radius 1 is 1.17 bits per heavy atom. The van der Waals surface area contributed by atoms with Crippen molar-refractivity contribution < 1.29 is 14.3 Å². The highest BCUT2D eigenvalue weighted by atomic mass is 79.9. The normalized spacial score (nSPS) is 15.8. The summed E-state index contributed by atoms with van der Waals surface area (Å²) in [5.74, 6) is 0.715. The van der Waals surface area contributed by atoms with Crippen LogP contribution >= 0.6 is 15.9 Å². The summed E-state index contributed by atoms with van der Waals surface area (Å²) in [6.45, 7) is 7.17. The van der Waals surface area contributed by atoms with Crippen molar-refractivity contribution in [1.82, 2.24) is 9.88 Å². The summed E-state index contributed by atoms with van der Waals surface area (Å²) in [5, 5.41) is 9.93. The van der Waals surface area contributed by atoms with Gasteiger partial charge in [-0.25, -0.2) is 9.78 Å². The van der Waals surface area contributed by atoms with Gasteiger partial charge in [0.15, 0.2) is 0 Å². The van der Waals surface area contributed by atoms with Gasteiger partial charge in [0.05, 0.1) is 11.3 Å². The molecule has 1 amide bonds. The largest absolute Gasteiger partial charge is 0.488 e. The van der Waals surface area contributed by atoms with Crippen molar-refractivity contribution in [2.75, 3.05) is 13.1 Å². The highest BCUT2D eigenvalue weighted by Gasteiger charge is 2.30. The third kappa shape index (κ3) is 6.24. The smallest absolute Gasteiger partial charge is 0.410 e. The monoisotopic (exact) mass is 547 g/mol. The Balaban J connectivity index is 1.64. The zero-order chi connectivity index (χ0) is 25.7. The first-order valence-electron chi connectivity index (χ1n) is 12.1. The Kier molecular flexibility index (Phi) is 7.95. The van der Waals surface area contributed by atoms with Crippen LogP contribution in [-0.2, 0) is 11.3 Å². The maximum Gasteiger partial charge on any atom is 0.410 e. The highest BCUT2D eigenvalue weighted by Crippen LogP contribution is 2.37. The van der Waals surface area contributed by atoms with Gasteiger partial charge in [0, 0.05) is 24.6 Å². The average molecular weight is 548 g/mol. The van der Waals surface area contributed by atoms with Crippen LogP contribution in [-0.4, -0.2) is 34.7 Å². The standard InChI is InChI=1S/C29H30BrN3O3/c1-29(2,3)36-28(34)33-15-9-12-21(18-33)23-16-25(32-27(30)24(23)17-31)22-13-7-8-14-26(22)35-19-20-10-5-4-6-11-20/h4-8,10-11,13-14,16,21H,9,12,15,18-19H2,1-3H3. The molecule has 3 aromatic rings. The Bertz CT molecular complexity index is 1260. The molecule has 0 spiro atoms. The molecule has 0 aliphatic carbocycles. The van der Waals surface area contributed by atoms with Gasteiger partial charge >= 0.3 is 6.09 Å². The van der Waals surface area contributed by atoms with Crippen LogP contribution in [0.4, 0.5) is 4.79 Å². The van der Waals surface area contributed by atoms with Crippen LogP contribution in [0.1, 0.15) is 56.2 Å². The fraction of sp³-hybridized carbons (Fsp3) is 0.345. The molecule has 36 heavy (non-hydrogen) atoms. The summed E-state index contributed by atoms with van der Waals surface area (Å²) < 4.78 is 12.3. The molecule has 186 valence electrons. The van der Waals surface area contributed by atoms with Crippen LogP contribution < -0.4 is 4.74 Å². The Labute approximate surface area is 221 Å². The number of carbonyl (C=O) groups is 1. The number of nitrogens with zero attached hydrogens (tertiary/aromatic N) is 3. The molecule has 7 heteroatoms. The van der Waals surface area contributed by atoms with Crippen molar-refractivity contribution in [3.63, 3.8) is 0 Å². The lowest BCUT2D eigenvalue weighted by Gasteiger charge is -2.34. The van der Waals surface area contributed by atoms with Crippen LogP contribution in [0.25, 0.3) is 11.3 Å². The number of benzene rings is 2. The van der Waals surface area contributed by atoms with Crippen molar-refractivity contribution >= 4 is 22.0 Å². The van der Waals surface area contributed by atoms with Gasteiger partial charge < -0.3 is 14.4 Å². The van der Waals surface area contributed by atoms with Gasteiger partial charge in [-0.05, 0) is 78.9 Å². The SMILES string of the molecule is CC(C)(C)OC(=O)N1CCCC(c2cc(-c3ccccc3OCc3ccccc3)nc(Br)c2C#N)C1. The predicted octanol–water partition coefficient (Wildman–Crippen LogP) is 7.08. The molecule has 1 aliphatic heterocycles. The van der Waals surface area contributed by atoms with E-state index >= 15 is 0 Å². The van der Waals surface area contributed by atoms with Crippen LogP contribution in [0, 0.1) is 11.3 Å². The number of para-hydroxylation sites is 1. The van der Waals surface area contributed by atoms with E-state index in [9.17, 15) is 10.1 Å². The molecule has 4 rings (SSSR count). The number of halogens is 1. The van der Waals surface area contributed by atoms with Crippen LogP contribution in [0.15, 0.2) is 65.3 Å². The molecule has 0 saturated carbocycles. The third-order valence-electron chi connectivity index (χ3n) is 6.03. The van der Waals surface area contributed by atoms with E-state index in [4.69, 9.17) is 14.5 Å². The van der Waals surface area contributed by atoms with Crippen LogP contribution in [0.2, 0.25) is 0 Å². The number of hydrogen-bond acceptors (Lipinski definition) is 5. The highest BCUT2D eigenvalue weighted by molar-refractivity contribution is 9.10. The molecule has 1 saturated heterocycles. The second-order valence-electron chi connectivity index (χ2n) is 9.91. The second-order valence-corrected chi connectivity index (χ2v) is 10.7. The maximum atomic E-state index is 12.7. The molecule has 2 aromatic carbocycles. The maximum absolute atomic E-state index is 12.7. The number of pyridine rings is 1. The lowest BCUT2D eigenvalue weighted by molar-refractivity contribution is 0.0198. The molecule has 1 aromatic heterocycles. The lowest BCUT2D eigenvalue weighted by atomic mass is 9.87. The summed E-state index contributed by atoms with van der Waals surface area (Å²) in [4.78, 5) is 19.2. The average Bonchev–Trinajstić information content (AvgIpc) is 2.87. The fourth-order valence-electron chi connectivity index (χ4n) is 4.37. The second kappa shape index (κ2) is 11.1. The van der Waals surface area contributed by atoms with Gasteiger partial charge in [0.1, 0.15) is 28.6 Å². The number of rotatable bonds is 5. The summed E-state index contributed by atoms with van der Waals surface area (Å²) in [6.07, 6.45) is 1.38. The van der Waals surface area contributed by atoms with Crippen molar-refractivity contribution in [1.29, 1.82) is 5.26 Å². The van der Waals surface area contributed by atoms with E-state index in [0.717, 1.165) is 35.3 Å². The lowest BCUT2D eigenvalue weighted by Crippen LogP contribution is -2.42. The number of likely N-dealkylation sites (tertiary alicyclic amines) is 1. The van der Waals surface area contributed by atoms with Crippen LogP contribution in [0.3, 0.4) is 0 Å². The minimum Gasteiger partial charge on any atom is -0.488 e. The molecule has 1 unspecified atom stereocenters. The summed E-state index contributed by atoms with van der Waals surface area (Å²) in [7, 11) is 0. The molecule has 1 aliphatic rings. The van der Waals surface area contributed by atoms with E-state index in [1.807, 2.05) is 81.4 Å². The quantitative estimate of drug-likeness (QED) is 0.319. The van der Waals surface area contributed by atoms with E-state index in [1.54, 1.807) is 4.90 Å². The summed E-state index contributed by atoms with van der Waals surface area (Å²) in [5.41, 5.74) is 3.45. The van der Waals surface area contributed by atoms with Gasteiger partial charge in [-0.2, -0.15) is 5.26 Å². The topological polar surface area (TPSA) is 75.4 Å². The molecule has 1 fully saturated rings. The molecule has 0 radical (unpaired) electrons. The number of nitriles is 1. The number of hydrogen-bond donors (Lipinski definition) is 0. The van der Waals surface area contributed by atoms with Crippen LogP contribution in [0.5, 0.6) is 5.75 Å². The van der Waals surface area contributed by atoms with Gasteiger partial charge in [0.2, 0.25) is 0 Å². The number of carbonyl (C=O) groups excluding carboxylic acids is 1. The van der Waals surface area contributed by atoms with Gasteiger partial charge in [-0.3, -0.25) is 0 Å². The third-order valence-corrected chi connectivity index (χ3v) is 6.60. The molecule has 1 atom stereocenters. The fourth-order valence-corrected chi connectivity index (χ4v) is 4.87. The number of piperidine rings is 1. The molecular formula is C29H30BrN3O3. The molecule has 6 nitrogen and oxygen atoms in total. The van der Waals surface area contributed by atoms with E-state index in [0.29, 0.717) is 35.6 Å². The van der Waals surface area contributed by atoms with Crippen molar-refractivity contribution in [3.05, 3.63) is 82.0 Å². The van der Waals surface area contributed by atoms with E-state index in [2.05, 4.69) is 22.0 Å². The van der Waals surface area contributed by atoms with E-state index in [1.165, 1.54) is 0 Å². The molecule has 0 N–H and O–H groups in total. The summed E-state index contributed by atoms with van der Waals surface area (Å²) >= 11 is 3.53. The molecular weight excluding hydrogens is 518 g/mol. The molecule has 2 heterocycles. The zero-order valence-corrected chi connectivity index (χ0v) is 22.4. The van der Waals surface area contributed by atoms with Gasteiger partial charge in [0.25, 0.3) is 0 Å². The number of ether oxygens (including phenoxy) is 2. The Morgan fingerprint density at radius 2 is 1.89 bits per heavy atom. The first-order chi connectivity index (χ1) is 17.2. The van der Waals surface area contributed by atoms with E-state index in [-0.39, 0.29) is 12.0 Å². The predicted molar refractivity (Wildman–Crippen MR) is 143 cm³/mol. The minimum absolute atomic E-state index is 0.00336. The molecule has 0 bridgehead atoms. The van der Waals surface area contributed by atoms with Crippen molar-refractivity contribution in [3.8, 4) is 23.1 Å². The Hall–Kier alpha value is -3.37. The first-order valence-corrected chi connectivity index (χ1v) is 12.9. The van der Waals surface area contributed by atoms with E-state index < -0.39 is 5.60 Å². The first kappa shape index (κ1) is 25.7. The Morgan fingerprint density at radius 3 is 2.61 bits per heavy atom. The van der Waals surface area contributed by atoms with Gasteiger partial charge in [-0.1, -0.05) is 42.5 Å². The van der Waals surface area contributed by atoms with Crippen molar-refractivity contribution in [2.45, 2.75) is 51.7 Å². The van der Waals surface area contributed by atoms with Crippen molar-refractivity contribution in [2.24, 2.45) is 0 Å². The van der Waals surface area contributed by atoms with Gasteiger partial charge in [-0.15, -0.1) is 0 Å². The summed E-state index contributed by atoms with van der Waals surface area (Å²) in [6, 6.07) is 22.1. The number of amides is 1. The number of aromatic nitrogens is 1. The minimum atomic E-state index is -0.557.